The molecule has 8 heteroatoms. The van der Waals surface area contributed by atoms with Gasteiger partial charge in [-0.1, -0.05) is 48.5 Å². The average Bonchev–Trinajstić information content (AvgIpc) is 3.09. The van der Waals surface area contributed by atoms with E-state index in [4.69, 9.17) is 17.0 Å². The molecule has 178 valence electrons. The zero-order chi connectivity index (χ0) is 24.8. The van der Waals surface area contributed by atoms with E-state index < -0.39 is 12.0 Å². The highest BCUT2D eigenvalue weighted by molar-refractivity contribution is 7.80. The second-order valence-electron chi connectivity index (χ2n) is 7.97. The third-order valence-electron chi connectivity index (χ3n) is 5.59. The molecule has 1 aliphatic heterocycles. The Bertz CT molecular complexity index is 1220. The SMILES string of the molecule is CCOC(=O)c1ccc(N2C(=O)C(CC(=O)Nc3ccccc3)N(Cc3ccccc3)C2=S)cc1. The van der Waals surface area contributed by atoms with E-state index in [1.807, 2.05) is 48.5 Å². The van der Waals surface area contributed by atoms with Crippen LogP contribution in [-0.4, -0.2) is 40.4 Å². The molecule has 0 radical (unpaired) electrons. The van der Waals surface area contributed by atoms with Gasteiger partial charge >= 0.3 is 5.97 Å². The van der Waals surface area contributed by atoms with Crippen molar-refractivity contribution in [1.29, 1.82) is 0 Å². The number of esters is 1. The summed E-state index contributed by atoms with van der Waals surface area (Å²) in [4.78, 5) is 41.6. The zero-order valence-corrected chi connectivity index (χ0v) is 20.0. The molecule has 1 heterocycles. The Hall–Kier alpha value is -4.04. The van der Waals surface area contributed by atoms with Crippen molar-refractivity contribution in [2.24, 2.45) is 0 Å². The summed E-state index contributed by atoms with van der Waals surface area (Å²) < 4.78 is 5.03. The number of nitrogens with one attached hydrogen (secondary N) is 1. The molecule has 1 atom stereocenters. The largest absolute Gasteiger partial charge is 0.462 e. The van der Waals surface area contributed by atoms with E-state index in [-0.39, 0.29) is 24.8 Å². The molecular weight excluding hydrogens is 462 g/mol. The fourth-order valence-electron chi connectivity index (χ4n) is 3.90. The Kier molecular flexibility index (Phi) is 7.52. The van der Waals surface area contributed by atoms with E-state index >= 15 is 0 Å². The minimum absolute atomic E-state index is 0.0574. The maximum absolute atomic E-state index is 13.6. The van der Waals surface area contributed by atoms with E-state index in [2.05, 4.69) is 5.32 Å². The van der Waals surface area contributed by atoms with Gasteiger partial charge in [0.25, 0.3) is 5.91 Å². The minimum Gasteiger partial charge on any atom is -0.462 e. The Morgan fingerprint density at radius 1 is 0.943 bits per heavy atom. The Morgan fingerprint density at radius 2 is 1.57 bits per heavy atom. The van der Waals surface area contributed by atoms with Gasteiger partial charge in [-0.05, 0) is 61.1 Å². The van der Waals surface area contributed by atoms with Crippen molar-refractivity contribution in [2.45, 2.75) is 25.9 Å². The van der Waals surface area contributed by atoms with Gasteiger partial charge in [0.15, 0.2) is 5.11 Å². The average molecular weight is 488 g/mol. The van der Waals surface area contributed by atoms with Crippen molar-refractivity contribution in [3.63, 3.8) is 0 Å². The van der Waals surface area contributed by atoms with Gasteiger partial charge in [0.05, 0.1) is 24.3 Å². The lowest BCUT2D eigenvalue weighted by Gasteiger charge is -2.24. The Morgan fingerprint density at radius 3 is 2.20 bits per heavy atom. The smallest absolute Gasteiger partial charge is 0.338 e. The van der Waals surface area contributed by atoms with Crippen molar-refractivity contribution in [2.75, 3.05) is 16.8 Å². The maximum atomic E-state index is 13.6. The van der Waals surface area contributed by atoms with E-state index in [0.717, 1.165) is 5.56 Å². The Labute approximate surface area is 209 Å². The summed E-state index contributed by atoms with van der Waals surface area (Å²) in [6.45, 7) is 2.39. The molecule has 3 aromatic rings. The summed E-state index contributed by atoms with van der Waals surface area (Å²) >= 11 is 5.71. The van der Waals surface area contributed by atoms with E-state index in [9.17, 15) is 14.4 Å². The summed E-state index contributed by atoms with van der Waals surface area (Å²) in [6, 6.07) is 24.5. The number of thiocarbonyl (C=S) groups is 1. The molecular formula is C27H25N3O4S. The van der Waals surface area contributed by atoms with Crippen molar-refractivity contribution in [1.82, 2.24) is 4.90 Å². The van der Waals surface area contributed by atoms with Crippen molar-refractivity contribution < 1.29 is 19.1 Å². The van der Waals surface area contributed by atoms with Crippen molar-refractivity contribution in [3.8, 4) is 0 Å². The van der Waals surface area contributed by atoms with E-state index in [1.165, 1.54) is 4.90 Å². The summed E-state index contributed by atoms with van der Waals surface area (Å²) in [5.74, 6) is -1.01. The van der Waals surface area contributed by atoms with Gasteiger partial charge in [-0.25, -0.2) is 4.79 Å². The van der Waals surface area contributed by atoms with Crippen LogP contribution in [0.5, 0.6) is 0 Å². The van der Waals surface area contributed by atoms with Gasteiger partial charge in [-0.15, -0.1) is 0 Å². The summed E-state index contributed by atoms with van der Waals surface area (Å²) in [5, 5.41) is 3.15. The normalized spacial score (nSPS) is 15.3. The van der Waals surface area contributed by atoms with Crippen LogP contribution in [-0.2, 0) is 20.9 Å². The van der Waals surface area contributed by atoms with Gasteiger partial charge < -0.3 is 15.0 Å². The molecule has 3 aromatic carbocycles. The van der Waals surface area contributed by atoms with Crippen LogP contribution in [0.3, 0.4) is 0 Å². The third-order valence-corrected chi connectivity index (χ3v) is 6.00. The van der Waals surface area contributed by atoms with E-state index in [1.54, 1.807) is 48.2 Å². The first-order chi connectivity index (χ1) is 17.0. The first-order valence-electron chi connectivity index (χ1n) is 11.3. The van der Waals surface area contributed by atoms with Gasteiger partial charge in [0.2, 0.25) is 5.91 Å². The summed E-state index contributed by atoms with van der Waals surface area (Å²) in [6.07, 6.45) is -0.0574. The number of carbonyl (C=O) groups is 3. The molecule has 1 fully saturated rings. The highest BCUT2D eigenvalue weighted by atomic mass is 32.1. The molecule has 0 saturated carbocycles. The standard InChI is InChI=1S/C27H25N3O4S/c1-2-34-26(33)20-13-15-22(16-14-20)30-25(32)23(17-24(31)28-21-11-7-4-8-12-21)29(27(30)35)18-19-9-5-3-6-10-19/h3-16,23H,2,17-18H2,1H3,(H,28,31). The molecule has 4 rings (SSSR count). The minimum atomic E-state index is -0.767. The van der Waals surface area contributed by atoms with Crippen LogP contribution in [0.1, 0.15) is 29.3 Å². The highest BCUT2D eigenvalue weighted by Gasteiger charge is 2.44. The molecule has 1 saturated heterocycles. The number of benzene rings is 3. The lowest BCUT2D eigenvalue weighted by molar-refractivity contribution is -0.124. The van der Waals surface area contributed by atoms with Crippen LogP contribution >= 0.6 is 12.2 Å². The van der Waals surface area contributed by atoms with Crippen LogP contribution in [0.25, 0.3) is 0 Å². The van der Waals surface area contributed by atoms with Gasteiger partial charge in [-0.3, -0.25) is 14.5 Å². The van der Waals surface area contributed by atoms with Crippen LogP contribution in [0.15, 0.2) is 84.9 Å². The topological polar surface area (TPSA) is 78.9 Å². The monoisotopic (exact) mass is 487 g/mol. The number of rotatable bonds is 8. The fourth-order valence-corrected chi connectivity index (χ4v) is 4.29. The predicted octanol–water partition coefficient (Wildman–Crippen LogP) is 4.39. The van der Waals surface area contributed by atoms with E-state index in [0.29, 0.717) is 28.6 Å². The molecule has 0 bridgehead atoms. The molecule has 1 N–H and O–H groups in total. The van der Waals surface area contributed by atoms with Crippen LogP contribution in [0.4, 0.5) is 11.4 Å². The first-order valence-corrected chi connectivity index (χ1v) is 11.7. The number of anilines is 2. The number of carbonyl (C=O) groups excluding carboxylic acids is 3. The Balaban J connectivity index is 1.59. The number of hydrogen-bond acceptors (Lipinski definition) is 5. The predicted molar refractivity (Wildman–Crippen MR) is 138 cm³/mol. The highest BCUT2D eigenvalue weighted by Crippen LogP contribution is 2.29. The van der Waals surface area contributed by atoms with Gasteiger partial charge in [0.1, 0.15) is 6.04 Å². The first kappa shape index (κ1) is 24.1. The quantitative estimate of drug-likeness (QED) is 0.375. The van der Waals surface area contributed by atoms with Crippen LogP contribution in [0, 0.1) is 0 Å². The fraction of sp³-hybridized carbons (Fsp3) is 0.185. The van der Waals surface area contributed by atoms with Crippen molar-refractivity contribution in [3.05, 3.63) is 96.1 Å². The molecule has 0 aliphatic carbocycles. The molecule has 1 aliphatic rings. The molecule has 2 amide bonds. The van der Waals surface area contributed by atoms with Gasteiger partial charge in [0, 0.05) is 12.2 Å². The molecule has 0 aromatic heterocycles. The van der Waals surface area contributed by atoms with Crippen LogP contribution in [0.2, 0.25) is 0 Å². The number of hydrogen-bond donors (Lipinski definition) is 1. The van der Waals surface area contributed by atoms with Crippen LogP contribution < -0.4 is 10.2 Å². The second kappa shape index (κ2) is 10.9. The number of amides is 2. The summed E-state index contributed by atoms with van der Waals surface area (Å²) in [7, 11) is 0. The summed E-state index contributed by atoms with van der Waals surface area (Å²) in [5.41, 5.74) is 2.53. The number of nitrogens with zero attached hydrogens (tertiary/aromatic N) is 2. The molecule has 1 unspecified atom stereocenters. The number of ether oxygens (including phenoxy) is 1. The maximum Gasteiger partial charge on any atom is 0.338 e. The van der Waals surface area contributed by atoms with Gasteiger partial charge in [-0.2, -0.15) is 0 Å². The lowest BCUT2D eigenvalue weighted by Crippen LogP contribution is -2.37. The zero-order valence-electron chi connectivity index (χ0n) is 19.2. The molecule has 35 heavy (non-hydrogen) atoms. The second-order valence-corrected chi connectivity index (χ2v) is 8.34. The third kappa shape index (κ3) is 5.55. The molecule has 7 nitrogen and oxygen atoms in total. The number of para-hydroxylation sites is 1. The lowest BCUT2D eigenvalue weighted by atomic mass is 10.1. The molecule has 0 spiro atoms. The van der Waals surface area contributed by atoms with Crippen molar-refractivity contribution >= 4 is 46.5 Å².